The van der Waals surface area contributed by atoms with Gasteiger partial charge in [-0.3, -0.25) is 0 Å². The summed E-state index contributed by atoms with van der Waals surface area (Å²) in [6.45, 7) is 8.69. The molecule has 6 nitrogen and oxygen atoms in total. The van der Waals surface area contributed by atoms with E-state index in [0.717, 1.165) is 0 Å². The van der Waals surface area contributed by atoms with E-state index in [0.29, 0.717) is 5.57 Å². The molecule has 0 aromatic carbocycles. The number of aliphatic hydroxyl groups excluding tert-OH is 3. The fraction of sp³-hybridized carbons (Fsp3) is 0.750. The summed E-state index contributed by atoms with van der Waals surface area (Å²) in [7, 11) is 0. The largest absolute Gasteiger partial charge is 0.390 e. The van der Waals surface area contributed by atoms with E-state index in [1.807, 2.05) is 0 Å². The van der Waals surface area contributed by atoms with E-state index in [1.54, 1.807) is 20.8 Å². The van der Waals surface area contributed by atoms with Gasteiger partial charge in [0.2, 0.25) is 0 Å². The van der Waals surface area contributed by atoms with E-state index in [4.69, 9.17) is 9.47 Å². The highest BCUT2D eigenvalue weighted by Gasteiger charge is 2.78. The van der Waals surface area contributed by atoms with Crippen LogP contribution in [0.5, 0.6) is 0 Å². The predicted molar refractivity (Wildman–Crippen MR) is 76.7 cm³/mol. The number of allylic oxidation sites excluding steroid dienone is 1. The first-order chi connectivity index (χ1) is 10.0. The van der Waals surface area contributed by atoms with Crippen molar-refractivity contribution in [2.24, 2.45) is 0 Å². The third kappa shape index (κ3) is 1.98. The average Bonchev–Trinajstić information content (AvgIpc) is 3.13. The molecule has 0 aromatic rings. The number of ether oxygens (including phenoxy) is 2. The summed E-state index contributed by atoms with van der Waals surface area (Å²) in [6, 6.07) is 0. The van der Waals surface area contributed by atoms with Crippen LogP contribution in [0.2, 0.25) is 0 Å². The number of epoxide rings is 1. The van der Waals surface area contributed by atoms with Crippen LogP contribution in [-0.2, 0) is 9.47 Å². The summed E-state index contributed by atoms with van der Waals surface area (Å²) in [5.41, 5.74) is -3.42. The highest BCUT2D eigenvalue weighted by Crippen LogP contribution is 2.58. The molecule has 2 saturated heterocycles. The van der Waals surface area contributed by atoms with Crippen molar-refractivity contribution in [1.82, 2.24) is 0 Å². The summed E-state index contributed by atoms with van der Waals surface area (Å²) in [5, 5.41) is 41.8. The summed E-state index contributed by atoms with van der Waals surface area (Å²) < 4.78 is 11.4. The lowest BCUT2D eigenvalue weighted by molar-refractivity contribution is -0.260. The van der Waals surface area contributed by atoms with Crippen molar-refractivity contribution >= 4 is 0 Å². The maximum absolute atomic E-state index is 10.7. The third-order valence-corrected chi connectivity index (χ3v) is 4.95. The van der Waals surface area contributed by atoms with Crippen LogP contribution in [0, 0.1) is 11.8 Å². The zero-order valence-electron chi connectivity index (χ0n) is 12.9. The summed E-state index contributed by atoms with van der Waals surface area (Å²) in [4.78, 5) is 0. The van der Waals surface area contributed by atoms with Crippen LogP contribution in [0.1, 0.15) is 27.2 Å². The first-order valence-electron chi connectivity index (χ1n) is 7.35. The smallest absolute Gasteiger partial charge is 0.182 e. The van der Waals surface area contributed by atoms with E-state index >= 15 is 0 Å². The molecular formula is C16H22O6. The van der Waals surface area contributed by atoms with Gasteiger partial charge in [0, 0.05) is 6.42 Å². The summed E-state index contributed by atoms with van der Waals surface area (Å²) in [5.74, 6) is 5.11. The zero-order valence-corrected chi connectivity index (χ0v) is 12.9. The average molecular weight is 310 g/mol. The topological polar surface area (TPSA) is 103 Å². The van der Waals surface area contributed by atoms with Gasteiger partial charge in [0.25, 0.3) is 0 Å². The van der Waals surface area contributed by atoms with Crippen LogP contribution in [0.25, 0.3) is 0 Å². The van der Waals surface area contributed by atoms with E-state index in [-0.39, 0.29) is 6.42 Å². The van der Waals surface area contributed by atoms with Crippen molar-refractivity contribution < 1.29 is 29.9 Å². The third-order valence-electron chi connectivity index (χ3n) is 4.95. The summed E-state index contributed by atoms with van der Waals surface area (Å²) in [6.07, 6.45) is -5.00. The number of hydrogen-bond donors (Lipinski definition) is 4. The van der Waals surface area contributed by atoms with Crippen molar-refractivity contribution in [1.29, 1.82) is 0 Å². The van der Waals surface area contributed by atoms with E-state index in [9.17, 15) is 20.4 Å². The Hall–Kier alpha value is -0.940. The van der Waals surface area contributed by atoms with Crippen LogP contribution in [0.3, 0.4) is 0 Å². The molecule has 3 aliphatic rings. The fourth-order valence-electron chi connectivity index (χ4n) is 3.42. The lowest BCUT2D eigenvalue weighted by Crippen LogP contribution is -2.71. The normalized spacial score (nSPS) is 51.9. The van der Waals surface area contributed by atoms with Gasteiger partial charge in [0.1, 0.15) is 30.0 Å². The molecule has 1 spiro atoms. The van der Waals surface area contributed by atoms with Gasteiger partial charge >= 0.3 is 0 Å². The molecule has 1 saturated carbocycles. The lowest BCUT2D eigenvalue weighted by atomic mass is 9.68. The Morgan fingerprint density at radius 2 is 1.68 bits per heavy atom. The standard InChI is InChI=1S/C16H22O6/c1-8(2)5-6-15(20)10(18)12-16(13(22-16)11(15)19)7-9(17)14(3,4)21-12/h9-13,17-20H,1,7H2,2-4H3. The van der Waals surface area contributed by atoms with Crippen LogP contribution in [0.4, 0.5) is 0 Å². The van der Waals surface area contributed by atoms with Crippen molar-refractivity contribution in [2.45, 2.75) is 74.5 Å². The van der Waals surface area contributed by atoms with Gasteiger partial charge in [-0.1, -0.05) is 18.4 Å². The fourth-order valence-corrected chi connectivity index (χ4v) is 3.42. The molecule has 0 aromatic heterocycles. The number of aliphatic hydroxyl groups is 4. The van der Waals surface area contributed by atoms with Crippen molar-refractivity contribution in [2.75, 3.05) is 0 Å². The van der Waals surface area contributed by atoms with Gasteiger partial charge < -0.3 is 29.9 Å². The predicted octanol–water partition coefficient (Wildman–Crippen LogP) is -0.902. The molecule has 4 N–H and O–H groups in total. The molecule has 7 unspecified atom stereocenters. The molecule has 7 atom stereocenters. The summed E-state index contributed by atoms with van der Waals surface area (Å²) >= 11 is 0. The highest BCUT2D eigenvalue weighted by molar-refractivity contribution is 5.37. The highest BCUT2D eigenvalue weighted by atomic mass is 16.7. The Balaban J connectivity index is 1.98. The van der Waals surface area contributed by atoms with Crippen molar-refractivity contribution in [3.63, 3.8) is 0 Å². The van der Waals surface area contributed by atoms with Crippen LogP contribution in [-0.4, -0.2) is 67.7 Å². The van der Waals surface area contributed by atoms with Gasteiger partial charge in [-0.25, -0.2) is 0 Å². The Morgan fingerprint density at radius 3 is 2.23 bits per heavy atom. The van der Waals surface area contributed by atoms with E-state index in [2.05, 4.69) is 18.4 Å². The number of hydrogen-bond acceptors (Lipinski definition) is 6. The number of rotatable bonds is 0. The van der Waals surface area contributed by atoms with Gasteiger partial charge in [-0.05, 0) is 26.3 Å². The molecule has 22 heavy (non-hydrogen) atoms. The Bertz CT molecular complexity index is 575. The first-order valence-corrected chi connectivity index (χ1v) is 7.35. The van der Waals surface area contributed by atoms with Crippen molar-refractivity contribution in [3.05, 3.63) is 12.2 Å². The Kier molecular flexibility index (Phi) is 3.29. The minimum Gasteiger partial charge on any atom is -0.390 e. The van der Waals surface area contributed by atoms with E-state index < -0.39 is 47.3 Å². The molecule has 0 amide bonds. The minimum atomic E-state index is -2.06. The van der Waals surface area contributed by atoms with Gasteiger partial charge in [0.05, 0.1) is 11.7 Å². The molecule has 1 aliphatic carbocycles. The minimum absolute atomic E-state index is 0.230. The van der Waals surface area contributed by atoms with Crippen LogP contribution >= 0.6 is 0 Å². The second-order valence-electron chi connectivity index (χ2n) is 7.10. The van der Waals surface area contributed by atoms with Gasteiger partial charge in [-0.2, -0.15) is 0 Å². The SMILES string of the molecule is C=C(C)C#CC1(O)C(O)C2OC(C)(C)C(O)CC23OC3C1O. The molecule has 0 bridgehead atoms. The first kappa shape index (κ1) is 15.9. The maximum Gasteiger partial charge on any atom is 0.182 e. The van der Waals surface area contributed by atoms with Crippen LogP contribution < -0.4 is 0 Å². The maximum atomic E-state index is 10.7. The van der Waals surface area contributed by atoms with E-state index in [1.165, 1.54) is 0 Å². The van der Waals surface area contributed by atoms with Crippen LogP contribution in [0.15, 0.2) is 12.2 Å². The quantitative estimate of drug-likeness (QED) is 0.341. The Labute approximate surface area is 129 Å². The molecule has 6 heteroatoms. The molecular weight excluding hydrogens is 288 g/mol. The molecule has 122 valence electrons. The second-order valence-corrected chi connectivity index (χ2v) is 7.10. The zero-order chi connectivity index (χ0) is 16.5. The van der Waals surface area contributed by atoms with Gasteiger partial charge in [0.15, 0.2) is 5.60 Å². The molecule has 2 heterocycles. The molecule has 3 fully saturated rings. The monoisotopic (exact) mass is 310 g/mol. The Morgan fingerprint density at radius 1 is 1.14 bits per heavy atom. The van der Waals surface area contributed by atoms with Gasteiger partial charge in [-0.15, -0.1) is 0 Å². The molecule has 3 rings (SSSR count). The molecule has 2 aliphatic heterocycles. The second kappa shape index (κ2) is 4.54. The molecule has 0 radical (unpaired) electrons. The van der Waals surface area contributed by atoms with Crippen molar-refractivity contribution in [3.8, 4) is 11.8 Å². The lowest BCUT2D eigenvalue weighted by Gasteiger charge is -2.50.